The average molecular weight is 317 g/mol. The molecule has 1 nitrogen and oxygen atoms in total. The third-order valence-electron chi connectivity index (χ3n) is 5.55. The van der Waals surface area contributed by atoms with Crippen LogP contribution < -0.4 is 0 Å². The Kier molecular flexibility index (Phi) is 4.92. The molecule has 1 heterocycles. The molecule has 0 aromatic heterocycles. The van der Waals surface area contributed by atoms with Crippen LogP contribution in [0.2, 0.25) is 0 Å². The minimum Gasteiger partial charge on any atom is -0.362 e. The molecule has 0 spiro atoms. The van der Waals surface area contributed by atoms with Crippen molar-refractivity contribution in [3.8, 4) is 0 Å². The number of rotatable bonds is 4. The quantitative estimate of drug-likeness (QED) is 0.639. The molecule has 0 N–H and O–H groups in total. The monoisotopic (exact) mass is 317 g/mol. The Balaban J connectivity index is 1.85. The van der Waals surface area contributed by atoms with E-state index >= 15 is 0 Å². The standard InChI is InChI=1S/C23H27N/c1-5-23-22(18(3)21-14-10-9-11-17(21)2)15-16-24(23)19(4)20-12-7-6-8-13-20/h6-14,18-19,22H,1,15-16H2,2-4H3/t18?,19-,22+/m0/s1. The first kappa shape index (κ1) is 16.6. The van der Waals surface area contributed by atoms with Crippen LogP contribution in [0.3, 0.4) is 0 Å². The molecule has 0 radical (unpaired) electrons. The van der Waals surface area contributed by atoms with Crippen molar-refractivity contribution in [1.82, 2.24) is 4.90 Å². The largest absolute Gasteiger partial charge is 0.362 e. The van der Waals surface area contributed by atoms with Gasteiger partial charge in [0.05, 0.1) is 11.7 Å². The van der Waals surface area contributed by atoms with Gasteiger partial charge in [0.2, 0.25) is 0 Å². The van der Waals surface area contributed by atoms with Gasteiger partial charge >= 0.3 is 0 Å². The predicted octanol–water partition coefficient (Wildman–Crippen LogP) is 5.85. The van der Waals surface area contributed by atoms with Gasteiger partial charge in [-0.25, -0.2) is 0 Å². The Bertz CT molecular complexity index is 740. The normalized spacial score (nSPS) is 19.9. The molecule has 24 heavy (non-hydrogen) atoms. The van der Waals surface area contributed by atoms with Crippen molar-refractivity contribution >= 4 is 0 Å². The highest BCUT2D eigenvalue weighted by Gasteiger charge is 2.35. The zero-order valence-corrected chi connectivity index (χ0v) is 15.0. The van der Waals surface area contributed by atoms with E-state index in [0.29, 0.717) is 17.9 Å². The lowest BCUT2D eigenvalue weighted by Crippen LogP contribution is -2.23. The van der Waals surface area contributed by atoms with E-state index in [4.69, 9.17) is 0 Å². The van der Waals surface area contributed by atoms with Gasteiger partial charge in [0.1, 0.15) is 0 Å². The van der Waals surface area contributed by atoms with Crippen molar-refractivity contribution in [2.75, 3.05) is 6.54 Å². The maximum absolute atomic E-state index is 4.01. The summed E-state index contributed by atoms with van der Waals surface area (Å²) in [5.74, 6) is 0.984. The highest BCUT2D eigenvalue weighted by atomic mass is 15.2. The molecule has 3 atom stereocenters. The Morgan fingerprint density at radius 1 is 1.04 bits per heavy atom. The van der Waals surface area contributed by atoms with E-state index in [1.165, 1.54) is 28.8 Å². The molecular formula is C23H27N. The molecule has 3 rings (SSSR count). The maximum atomic E-state index is 4.01. The molecule has 1 heteroatoms. The second kappa shape index (κ2) is 7.11. The summed E-state index contributed by atoms with van der Waals surface area (Å²) in [6, 6.07) is 19.8. The molecule has 1 unspecified atom stereocenters. The van der Waals surface area contributed by atoms with Crippen LogP contribution >= 0.6 is 0 Å². The van der Waals surface area contributed by atoms with Crippen LogP contribution in [-0.2, 0) is 0 Å². The number of allylic oxidation sites excluding steroid dienone is 1. The number of nitrogens with zero attached hydrogens (tertiary/aromatic N) is 1. The number of benzene rings is 2. The van der Waals surface area contributed by atoms with Gasteiger partial charge in [-0.3, -0.25) is 0 Å². The van der Waals surface area contributed by atoms with Gasteiger partial charge in [-0.15, -0.1) is 5.73 Å². The van der Waals surface area contributed by atoms with Crippen LogP contribution in [0, 0.1) is 12.8 Å². The van der Waals surface area contributed by atoms with E-state index < -0.39 is 0 Å². The van der Waals surface area contributed by atoms with Crippen molar-refractivity contribution in [3.63, 3.8) is 0 Å². The summed E-state index contributed by atoms with van der Waals surface area (Å²) in [7, 11) is 0. The summed E-state index contributed by atoms with van der Waals surface area (Å²) >= 11 is 0. The van der Waals surface area contributed by atoms with Gasteiger partial charge in [0.15, 0.2) is 0 Å². The van der Waals surface area contributed by atoms with Gasteiger partial charge in [0, 0.05) is 12.5 Å². The SMILES string of the molecule is C=C=C1[C@@H](C(C)c2ccccc2C)CCN1[C@@H](C)c1ccccc1. The molecule has 0 saturated carbocycles. The Labute approximate surface area is 146 Å². The van der Waals surface area contributed by atoms with Gasteiger partial charge in [-0.2, -0.15) is 0 Å². The fraction of sp³-hybridized carbons (Fsp3) is 0.348. The van der Waals surface area contributed by atoms with Crippen LogP contribution in [0.1, 0.15) is 48.9 Å². The highest BCUT2D eigenvalue weighted by Crippen LogP contribution is 2.42. The van der Waals surface area contributed by atoms with Gasteiger partial charge in [-0.1, -0.05) is 68.1 Å². The predicted molar refractivity (Wildman–Crippen MR) is 102 cm³/mol. The summed E-state index contributed by atoms with van der Waals surface area (Å²) in [6.07, 6.45) is 1.17. The Hall–Kier alpha value is -2.24. The molecule has 1 saturated heterocycles. The summed E-state index contributed by atoms with van der Waals surface area (Å²) in [6.45, 7) is 11.9. The van der Waals surface area contributed by atoms with Crippen molar-refractivity contribution in [2.45, 2.75) is 39.2 Å². The van der Waals surface area contributed by atoms with E-state index in [9.17, 15) is 0 Å². The van der Waals surface area contributed by atoms with Crippen molar-refractivity contribution in [1.29, 1.82) is 0 Å². The lowest BCUT2D eigenvalue weighted by Gasteiger charge is -2.30. The molecule has 0 amide bonds. The highest BCUT2D eigenvalue weighted by molar-refractivity contribution is 5.32. The van der Waals surface area contributed by atoms with Gasteiger partial charge < -0.3 is 4.90 Å². The van der Waals surface area contributed by atoms with Crippen molar-refractivity contribution in [3.05, 3.63) is 89.3 Å². The second-order valence-corrected chi connectivity index (χ2v) is 6.88. The average Bonchev–Trinajstić information content (AvgIpc) is 3.05. The van der Waals surface area contributed by atoms with Gasteiger partial charge in [0.25, 0.3) is 0 Å². The molecule has 1 fully saturated rings. The third kappa shape index (κ3) is 3.05. The van der Waals surface area contributed by atoms with Crippen LogP contribution in [0.25, 0.3) is 0 Å². The second-order valence-electron chi connectivity index (χ2n) is 6.88. The van der Waals surface area contributed by atoms with E-state index in [2.05, 4.69) is 92.6 Å². The van der Waals surface area contributed by atoms with E-state index in [1.54, 1.807) is 0 Å². The van der Waals surface area contributed by atoms with E-state index in [-0.39, 0.29) is 0 Å². The zero-order chi connectivity index (χ0) is 17.1. The molecule has 2 aromatic rings. The Morgan fingerprint density at radius 3 is 2.38 bits per heavy atom. The molecule has 0 bridgehead atoms. The zero-order valence-electron chi connectivity index (χ0n) is 15.0. The summed E-state index contributed by atoms with van der Waals surface area (Å²) < 4.78 is 0. The van der Waals surface area contributed by atoms with Crippen LogP contribution in [0.15, 0.2) is 72.6 Å². The van der Waals surface area contributed by atoms with Crippen molar-refractivity contribution < 1.29 is 0 Å². The fourth-order valence-corrected chi connectivity index (χ4v) is 4.10. The number of hydrogen-bond acceptors (Lipinski definition) is 1. The first-order valence-electron chi connectivity index (χ1n) is 8.90. The van der Waals surface area contributed by atoms with Crippen LogP contribution in [0.5, 0.6) is 0 Å². The smallest absolute Gasteiger partial charge is 0.0601 e. The number of hydrogen-bond donors (Lipinski definition) is 0. The summed E-state index contributed by atoms with van der Waals surface area (Å²) in [5.41, 5.74) is 8.74. The summed E-state index contributed by atoms with van der Waals surface area (Å²) in [4.78, 5) is 2.49. The first-order valence-corrected chi connectivity index (χ1v) is 8.90. The first-order chi connectivity index (χ1) is 11.6. The molecule has 1 aliphatic rings. The number of aryl methyl sites for hydroxylation is 1. The van der Waals surface area contributed by atoms with Crippen LogP contribution in [-0.4, -0.2) is 11.4 Å². The van der Waals surface area contributed by atoms with Crippen molar-refractivity contribution in [2.24, 2.45) is 5.92 Å². The fourth-order valence-electron chi connectivity index (χ4n) is 4.10. The molecular weight excluding hydrogens is 290 g/mol. The lowest BCUT2D eigenvalue weighted by atomic mass is 9.83. The van der Waals surface area contributed by atoms with E-state index in [1.807, 2.05) is 0 Å². The lowest BCUT2D eigenvalue weighted by molar-refractivity contribution is 0.305. The topological polar surface area (TPSA) is 3.24 Å². The van der Waals surface area contributed by atoms with Gasteiger partial charge in [-0.05, 0) is 42.9 Å². The molecule has 0 aliphatic carbocycles. The third-order valence-corrected chi connectivity index (χ3v) is 5.55. The minimum atomic E-state index is 0.365. The minimum absolute atomic E-state index is 0.365. The van der Waals surface area contributed by atoms with E-state index in [0.717, 1.165) is 6.54 Å². The molecule has 124 valence electrons. The summed E-state index contributed by atoms with van der Waals surface area (Å²) in [5, 5.41) is 0. The number of likely N-dealkylation sites (tertiary alicyclic amines) is 1. The van der Waals surface area contributed by atoms with Crippen LogP contribution in [0.4, 0.5) is 0 Å². The molecule has 1 aliphatic heterocycles. The maximum Gasteiger partial charge on any atom is 0.0601 e. The Morgan fingerprint density at radius 2 is 1.71 bits per heavy atom. The molecule has 2 aromatic carbocycles.